The van der Waals surface area contributed by atoms with Crippen LogP contribution >= 0.6 is 0 Å². The molecule has 0 unspecified atom stereocenters. The van der Waals surface area contributed by atoms with E-state index in [0.29, 0.717) is 17.1 Å². The van der Waals surface area contributed by atoms with Crippen LogP contribution in [-0.2, 0) is 0 Å². The van der Waals surface area contributed by atoms with Gasteiger partial charge in [-0.05, 0) is 31.2 Å². The van der Waals surface area contributed by atoms with Gasteiger partial charge in [0.25, 0.3) is 0 Å². The molecule has 3 nitrogen and oxygen atoms in total. The van der Waals surface area contributed by atoms with Crippen molar-refractivity contribution in [3.05, 3.63) is 35.9 Å². The highest BCUT2D eigenvalue weighted by atomic mass is 16.5. The lowest BCUT2D eigenvalue weighted by molar-refractivity contribution is 0.104. The van der Waals surface area contributed by atoms with Gasteiger partial charge in [-0.3, -0.25) is 4.79 Å². The Morgan fingerprint density at radius 2 is 1.87 bits per heavy atom. The summed E-state index contributed by atoms with van der Waals surface area (Å²) >= 11 is 0. The van der Waals surface area contributed by atoms with Gasteiger partial charge in [0, 0.05) is 5.56 Å². The zero-order valence-electron chi connectivity index (χ0n) is 9.11. The van der Waals surface area contributed by atoms with Gasteiger partial charge in [0.1, 0.15) is 0 Å². The Hall–Kier alpha value is -1.77. The van der Waals surface area contributed by atoms with E-state index in [-0.39, 0.29) is 5.78 Å². The fourth-order valence-electron chi connectivity index (χ4n) is 1.24. The summed E-state index contributed by atoms with van der Waals surface area (Å²) in [6.07, 6.45) is 3.22. The van der Waals surface area contributed by atoms with Crippen LogP contribution < -0.4 is 9.47 Å². The molecule has 15 heavy (non-hydrogen) atoms. The number of hydrogen-bond acceptors (Lipinski definition) is 3. The van der Waals surface area contributed by atoms with Crippen LogP contribution in [0.2, 0.25) is 0 Å². The zero-order valence-corrected chi connectivity index (χ0v) is 9.11. The van der Waals surface area contributed by atoms with Crippen LogP contribution in [0.1, 0.15) is 17.3 Å². The lowest BCUT2D eigenvalue weighted by atomic mass is 10.1. The third-order valence-electron chi connectivity index (χ3n) is 1.99. The number of carbonyl (C=O) groups is 1. The Morgan fingerprint density at radius 1 is 1.20 bits per heavy atom. The lowest BCUT2D eigenvalue weighted by Crippen LogP contribution is -1.97. The third-order valence-corrected chi connectivity index (χ3v) is 1.99. The van der Waals surface area contributed by atoms with Gasteiger partial charge in [-0.1, -0.05) is 6.08 Å². The number of benzene rings is 1. The van der Waals surface area contributed by atoms with E-state index < -0.39 is 0 Å². The monoisotopic (exact) mass is 206 g/mol. The van der Waals surface area contributed by atoms with Crippen LogP contribution in [-0.4, -0.2) is 20.0 Å². The molecule has 0 aliphatic heterocycles. The molecule has 0 heterocycles. The summed E-state index contributed by atoms with van der Waals surface area (Å²) < 4.78 is 10.2. The molecule has 0 bridgehead atoms. The van der Waals surface area contributed by atoms with Gasteiger partial charge in [0.2, 0.25) is 0 Å². The Morgan fingerprint density at radius 3 is 2.40 bits per heavy atom. The van der Waals surface area contributed by atoms with Gasteiger partial charge in [0.05, 0.1) is 14.2 Å². The van der Waals surface area contributed by atoms with Gasteiger partial charge >= 0.3 is 0 Å². The average Bonchev–Trinajstić information content (AvgIpc) is 2.28. The molecular formula is C12H14O3. The van der Waals surface area contributed by atoms with Crippen molar-refractivity contribution in [1.29, 1.82) is 0 Å². The first-order chi connectivity index (χ1) is 7.22. The lowest BCUT2D eigenvalue weighted by Gasteiger charge is -2.07. The zero-order chi connectivity index (χ0) is 11.3. The molecule has 0 amide bonds. The highest BCUT2D eigenvalue weighted by molar-refractivity contribution is 6.04. The summed E-state index contributed by atoms with van der Waals surface area (Å²) in [6.45, 7) is 1.80. The summed E-state index contributed by atoms with van der Waals surface area (Å²) in [6, 6.07) is 5.10. The number of hydrogen-bond donors (Lipinski definition) is 0. The minimum absolute atomic E-state index is 0.0431. The van der Waals surface area contributed by atoms with E-state index in [9.17, 15) is 4.79 Å². The predicted octanol–water partition coefficient (Wildman–Crippen LogP) is 2.46. The van der Waals surface area contributed by atoms with Crippen LogP contribution in [0.3, 0.4) is 0 Å². The normalized spacial score (nSPS) is 10.3. The first kappa shape index (κ1) is 11.3. The van der Waals surface area contributed by atoms with Crippen molar-refractivity contribution in [2.24, 2.45) is 0 Å². The van der Waals surface area contributed by atoms with Crippen molar-refractivity contribution in [3.63, 3.8) is 0 Å². The minimum Gasteiger partial charge on any atom is -0.493 e. The van der Waals surface area contributed by atoms with Crippen molar-refractivity contribution in [3.8, 4) is 11.5 Å². The Bertz CT molecular complexity index is 380. The Kier molecular flexibility index (Phi) is 3.92. The van der Waals surface area contributed by atoms with E-state index in [0.717, 1.165) is 0 Å². The molecule has 1 aromatic rings. The molecule has 0 aromatic heterocycles. The number of ether oxygens (including phenoxy) is 2. The van der Waals surface area contributed by atoms with Crippen molar-refractivity contribution < 1.29 is 14.3 Å². The number of rotatable bonds is 4. The highest BCUT2D eigenvalue weighted by Gasteiger charge is 2.07. The van der Waals surface area contributed by atoms with Crippen molar-refractivity contribution in [1.82, 2.24) is 0 Å². The van der Waals surface area contributed by atoms with Gasteiger partial charge in [-0.25, -0.2) is 0 Å². The third kappa shape index (κ3) is 2.59. The number of methoxy groups -OCH3 is 2. The van der Waals surface area contributed by atoms with E-state index in [1.54, 1.807) is 45.4 Å². The van der Waals surface area contributed by atoms with Crippen LogP contribution in [0.15, 0.2) is 30.4 Å². The Balaban J connectivity index is 3.08. The van der Waals surface area contributed by atoms with Gasteiger partial charge in [-0.2, -0.15) is 0 Å². The highest BCUT2D eigenvalue weighted by Crippen LogP contribution is 2.27. The average molecular weight is 206 g/mol. The van der Waals surface area contributed by atoms with Crippen LogP contribution in [0.25, 0.3) is 0 Å². The summed E-state index contributed by atoms with van der Waals surface area (Å²) in [4.78, 5) is 11.5. The molecule has 0 aliphatic carbocycles. The van der Waals surface area contributed by atoms with Crippen molar-refractivity contribution >= 4 is 5.78 Å². The largest absolute Gasteiger partial charge is 0.493 e. The van der Waals surface area contributed by atoms with E-state index in [4.69, 9.17) is 9.47 Å². The van der Waals surface area contributed by atoms with E-state index >= 15 is 0 Å². The molecule has 3 heteroatoms. The maximum atomic E-state index is 11.5. The number of ketones is 1. The second kappa shape index (κ2) is 5.20. The second-order valence-electron chi connectivity index (χ2n) is 2.93. The summed E-state index contributed by atoms with van der Waals surface area (Å²) in [7, 11) is 3.10. The van der Waals surface area contributed by atoms with Crippen LogP contribution in [0.4, 0.5) is 0 Å². The molecule has 0 fully saturated rings. The summed E-state index contributed by atoms with van der Waals surface area (Å²) in [5.74, 6) is 1.14. The van der Waals surface area contributed by atoms with E-state index in [1.807, 2.05) is 0 Å². The number of allylic oxidation sites excluding steroid dienone is 2. The molecule has 0 atom stereocenters. The maximum absolute atomic E-state index is 11.5. The molecule has 1 aromatic carbocycles. The van der Waals surface area contributed by atoms with Gasteiger partial charge in [0.15, 0.2) is 17.3 Å². The summed E-state index contributed by atoms with van der Waals surface area (Å²) in [5, 5.41) is 0. The molecule has 1 rings (SSSR count). The van der Waals surface area contributed by atoms with Gasteiger partial charge < -0.3 is 9.47 Å². The van der Waals surface area contributed by atoms with Crippen LogP contribution in [0.5, 0.6) is 11.5 Å². The molecule has 0 N–H and O–H groups in total. The molecule has 80 valence electrons. The molecule has 0 radical (unpaired) electrons. The molecule has 0 spiro atoms. The Labute approximate surface area is 89.3 Å². The smallest absolute Gasteiger partial charge is 0.185 e. The topological polar surface area (TPSA) is 35.5 Å². The standard InChI is InChI=1S/C12H14O3/c1-4-5-10(13)9-6-7-11(14-2)12(8-9)15-3/h4-8H,1-3H3/b5-4-. The van der Waals surface area contributed by atoms with Crippen LogP contribution in [0, 0.1) is 0 Å². The van der Waals surface area contributed by atoms with E-state index in [2.05, 4.69) is 0 Å². The first-order valence-electron chi connectivity index (χ1n) is 4.62. The molecule has 0 saturated carbocycles. The number of carbonyl (C=O) groups excluding carboxylic acids is 1. The first-order valence-corrected chi connectivity index (χ1v) is 4.62. The maximum Gasteiger partial charge on any atom is 0.185 e. The van der Waals surface area contributed by atoms with Crippen molar-refractivity contribution in [2.75, 3.05) is 14.2 Å². The molecule has 0 saturated heterocycles. The quantitative estimate of drug-likeness (QED) is 0.560. The van der Waals surface area contributed by atoms with Gasteiger partial charge in [-0.15, -0.1) is 0 Å². The minimum atomic E-state index is -0.0431. The predicted molar refractivity (Wildman–Crippen MR) is 58.7 cm³/mol. The summed E-state index contributed by atoms with van der Waals surface area (Å²) in [5.41, 5.74) is 0.589. The molecule has 0 aliphatic rings. The second-order valence-corrected chi connectivity index (χ2v) is 2.93. The fraction of sp³-hybridized carbons (Fsp3) is 0.250. The van der Waals surface area contributed by atoms with E-state index in [1.165, 1.54) is 6.08 Å². The SMILES string of the molecule is C/C=C\C(=O)c1ccc(OC)c(OC)c1. The van der Waals surface area contributed by atoms with Crippen molar-refractivity contribution in [2.45, 2.75) is 6.92 Å². The fourth-order valence-corrected chi connectivity index (χ4v) is 1.24. The molecular weight excluding hydrogens is 192 g/mol.